The average Bonchev–Trinajstić information content (AvgIpc) is 2.29. The minimum atomic E-state index is 0.713. The highest BCUT2D eigenvalue weighted by molar-refractivity contribution is 6.30. The molecule has 0 aliphatic rings. The van der Waals surface area contributed by atoms with Crippen LogP contribution < -0.4 is 5.32 Å². The van der Waals surface area contributed by atoms with Crippen LogP contribution in [-0.4, -0.2) is 31.6 Å². The first-order valence-electron chi connectivity index (χ1n) is 6.63. The van der Waals surface area contributed by atoms with Crippen molar-refractivity contribution in [2.75, 3.05) is 26.7 Å². The zero-order valence-corrected chi connectivity index (χ0v) is 12.7. The monoisotopic (exact) mass is 268 g/mol. The van der Waals surface area contributed by atoms with Crippen LogP contribution in [0.4, 0.5) is 0 Å². The molecule has 0 aromatic heterocycles. The van der Waals surface area contributed by atoms with Crippen molar-refractivity contribution in [3.63, 3.8) is 0 Å². The zero-order valence-electron chi connectivity index (χ0n) is 12.0. The quantitative estimate of drug-likeness (QED) is 0.763. The smallest absolute Gasteiger partial charge is 0.0409 e. The predicted octanol–water partition coefficient (Wildman–Crippen LogP) is 3.33. The molecule has 0 aliphatic heterocycles. The van der Waals surface area contributed by atoms with Gasteiger partial charge in [0.2, 0.25) is 0 Å². The lowest BCUT2D eigenvalue weighted by molar-refractivity contribution is 0.321. The maximum absolute atomic E-state index is 6.03. The van der Waals surface area contributed by atoms with Gasteiger partial charge in [0.1, 0.15) is 0 Å². The van der Waals surface area contributed by atoms with Gasteiger partial charge in [0.15, 0.2) is 0 Å². The van der Waals surface area contributed by atoms with Crippen LogP contribution in [0.15, 0.2) is 18.2 Å². The Hall–Kier alpha value is -0.570. The fourth-order valence-electron chi connectivity index (χ4n) is 1.84. The molecule has 102 valence electrons. The summed E-state index contributed by atoms with van der Waals surface area (Å²) < 4.78 is 0. The van der Waals surface area contributed by atoms with E-state index in [0.717, 1.165) is 31.2 Å². The third kappa shape index (κ3) is 5.85. The van der Waals surface area contributed by atoms with Crippen LogP contribution in [0.3, 0.4) is 0 Å². The molecular formula is C15H25ClN2. The van der Waals surface area contributed by atoms with Gasteiger partial charge in [0.25, 0.3) is 0 Å². The number of benzene rings is 1. The van der Waals surface area contributed by atoms with Crippen molar-refractivity contribution in [3.05, 3.63) is 34.3 Å². The van der Waals surface area contributed by atoms with Crippen molar-refractivity contribution in [1.29, 1.82) is 0 Å². The normalized spacial score (nSPS) is 11.5. The van der Waals surface area contributed by atoms with Gasteiger partial charge < -0.3 is 10.2 Å². The molecule has 0 saturated carbocycles. The lowest BCUT2D eigenvalue weighted by Crippen LogP contribution is -2.31. The Kier molecular flexibility index (Phi) is 6.69. The SMILES string of the molecule is Cc1ccc(Cl)cc1CN(C)CCNCC(C)C. The number of halogens is 1. The number of aryl methyl sites for hydroxylation is 1. The van der Waals surface area contributed by atoms with Crippen LogP contribution >= 0.6 is 11.6 Å². The topological polar surface area (TPSA) is 15.3 Å². The lowest BCUT2D eigenvalue weighted by Gasteiger charge is -2.19. The molecule has 2 nitrogen and oxygen atoms in total. The largest absolute Gasteiger partial charge is 0.315 e. The maximum atomic E-state index is 6.03. The third-order valence-corrected chi connectivity index (χ3v) is 3.21. The van der Waals surface area contributed by atoms with Gasteiger partial charge in [0, 0.05) is 24.7 Å². The van der Waals surface area contributed by atoms with Crippen LogP contribution in [0.5, 0.6) is 0 Å². The summed E-state index contributed by atoms with van der Waals surface area (Å²) in [6.45, 7) is 10.7. The summed E-state index contributed by atoms with van der Waals surface area (Å²) in [6, 6.07) is 6.10. The Labute approximate surface area is 116 Å². The molecule has 0 bridgehead atoms. The molecule has 0 spiro atoms. The minimum Gasteiger partial charge on any atom is -0.315 e. The van der Waals surface area contributed by atoms with E-state index in [2.05, 4.69) is 50.2 Å². The molecule has 3 heteroatoms. The van der Waals surface area contributed by atoms with E-state index in [-0.39, 0.29) is 0 Å². The third-order valence-electron chi connectivity index (χ3n) is 2.97. The molecule has 0 unspecified atom stereocenters. The summed E-state index contributed by atoms with van der Waals surface area (Å²) in [5.74, 6) is 0.713. The first-order valence-corrected chi connectivity index (χ1v) is 7.01. The van der Waals surface area contributed by atoms with Crippen LogP contribution in [0, 0.1) is 12.8 Å². The number of hydrogen-bond donors (Lipinski definition) is 1. The molecule has 1 aromatic rings. The fourth-order valence-corrected chi connectivity index (χ4v) is 2.04. The highest BCUT2D eigenvalue weighted by Crippen LogP contribution is 2.16. The fraction of sp³-hybridized carbons (Fsp3) is 0.600. The van der Waals surface area contributed by atoms with Gasteiger partial charge in [-0.15, -0.1) is 0 Å². The molecule has 0 fully saturated rings. The van der Waals surface area contributed by atoms with Crippen molar-refractivity contribution < 1.29 is 0 Å². The molecule has 1 N–H and O–H groups in total. The van der Waals surface area contributed by atoms with Gasteiger partial charge in [0.05, 0.1) is 0 Å². The van der Waals surface area contributed by atoms with Crippen molar-refractivity contribution in [2.45, 2.75) is 27.3 Å². The Morgan fingerprint density at radius 1 is 1.33 bits per heavy atom. The Bertz CT molecular complexity index is 364. The first kappa shape index (κ1) is 15.5. The van der Waals surface area contributed by atoms with E-state index in [1.165, 1.54) is 11.1 Å². The van der Waals surface area contributed by atoms with E-state index in [9.17, 15) is 0 Å². The number of nitrogens with zero attached hydrogens (tertiary/aromatic N) is 1. The van der Waals surface area contributed by atoms with Crippen LogP contribution in [0.2, 0.25) is 5.02 Å². The van der Waals surface area contributed by atoms with Crippen LogP contribution in [0.25, 0.3) is 0 Å². The minimum absolute atomic E-state index is 0.713. The standard InChI is InChI=1S/C15H25ClN2/c1-12(2)10-17-7-8-18(4)11-14-9-15(16)6-5-13(14)3/h5-6,9,12,17H,7-8,10-11H2,1-4H3. The summed E-state index contributed by atoms with van der Waals surface area (Å²) in [7, 11) is 2.15. The molecule has 0 saturated heterocycles. The highest BCUT2D eigenvalue weighted by atomic mass is 35.5. The zero-order chi connectivity index (χ0) is 13.5. The first-order chi connectivity index (χ1) is 8.49. The van der Waals surface area contributed by atoms with E-state index < -0.39 is 0 Å². The van der Waals surface area contributed by atoms with Gasteiger partial charge in [-0.05, 0) is 49.7 Å². The number of nitrogens with one attached hydrogen (secondary N) is 1. The van der Waals surface area contributed by atoms with E-state index >= 15 is 0 Å². The summed E-state index contributed by atoms with van der Waals surface area (Å²) in [6.07, 6.45) is 0. The second-order valence-electron chi connectivity index (χ2n) is 5.41. The maximum Gasteiger partial charge on any atom is 0.0409 e. The highest BCUT2D eigenvalue weighted by Gasteiger charge is 2.04. The van der Waals surface area contributed by atoms with Crippen LogP contribution in [0.1, 0.15) is 25.0 Å². The second kappa shape index (κ2) is 7.78. The van der Waals surface area contributed by atoms with Gasteiger partial charge in [-0.25, -0.2) is 0 Å². The van der Waals surface area contributed by atoms with Crippen molar-refractivity contribution in [3.8, 4) is 0 Å². The molecule has 0 amide bonds. The number of rotatable bonds is 7. The van der Waals surface area contributed by atoms with Gasteiger partial charge in [-0.3, -0.25) is 0 Å². The van der Waals surface area contributed by atoms with Gasteiger partial charge in [-0.1, -0.05) is 31.5 Å². The molecule has 0 aliphatic carbocycles. The summed E-state index contributed by atoms with van der Waals surface area (Å²) in [5.41, 5.74) is 2.62. The molecule has 0 atom stereocenters. The summed E-state index contributed by atoms with van der Waals surface area (Å²) >= 11 is 6.03. The van der Waals surface area contributed by atoms with E-state index in [4.69, 9.17) is 11.6 Å². The van der Waals surface area contributed by atoms with E-state index in [1.54, 1.807) is 0 Å². The number of likely N-dealkylation sites (N-methyl/N-ethyl adjacent to an activating group) is 1. The lowest BCUT2D eigenvalue weighted by atomic mass is 10.1. The van der Waals surface area contributed by atoms with Gasteiger partial charge in [-0.2, -0.15) is 0 Å². The molecule has 0 radical (unpaired) electrons. The molecule has 1 aromatic carbocycles. The van der Waals surface area contributed by atoms with Crippen molar-refractivity contribution >= 4 is 11.6 Å². The number of hydrogen-bond acceptors (Lipinski definition) is 2. The molecular weight excluding hydrogens is 244 g/mol. The van der Waals surface area contributed by atoms with Crippen LogP contribution in [-0.2, 0) is 6.54 Å². The summed E-state index contributed by atoms with van der Waals surface area (Å²) in [4.78, 5) is 2.33. The molecule has 18 heavy (non-hydrogen) atoms. The molecule has 1 rings (SSSR count). The van der Waals surface area contributed by atoms with E-state index in [1.807, 2.05) is 6.07 Å². The molecule has 0 heterocycles. The van der Waals surface area contributed by atoms with Crippen molar-refractivity contribution in [2.24, 2.45) is 5.92 Å². The Morgan fingerprint density at radius 2 is 2.06 bits per heavy atom. The van der Waals surface area contributed by atoms with E-state index in [0.29, 0.717) is 5.92 Å². The van der Waals surface area contributed by atoms with Crippen molar-refractivity contribution in [1.82, 2.24) is 10.2 Å². The van der Waals surface area contributed by atoms with Gasteiger partial charge >= 0.3 is 0 Å². The summed E-state index contributed by atoms with van der Waals surface area (Å²) in [5, 5.41) is 4.28. The average molecular weight is 269 g/mol. The Morgan fingerprint density at radius 3 is 2.72 bits per heavy atom. The Balaban J connectivity index is 2.35. The second-order valence-corrected chi connectivity index (χ2v) is 5.84. The predicted molar refractivity (Wildman–Crippen MR) is 80.2 cm³/mol.